The molecule has 3 aromatic carbocycles. The molecule has 3 N–H and O–H groups in total. The number of imidazole rings is 1. The number of nitrogens with two attached hydrogens (primary N) is 1. The Labute approximate surface area is 237 Å². The number of aliphatic hydroxyl groups excluding tert-OH is 1. The summed E-state index contributed by atoms with van der Waals surface area (Å²) in [5, 5.41) is 11.1. The second-order valence-electron chi connectivity index (χ2n) is 9.83. The van der Waals surface area contributed by atoms with Crippen molar-refractivity contribution in [3.63, 3.8) is 0 Å². The third kappa shape index (κ3) is 4.86. The Hall–Kier alpha value is -4.51. The Kier molecular flexibility index (Phi) is 7.27. The number of fused-ring (bicyclic) bond motifs is 1. The van der Waals surface area contributed by atoms with Crippen LogP contribution in [0.15, 0.2) is 91.5 Å². The van der Waals surface area contributed by atoms with Crippen LogP contribution in [0.5, 0.6) is 11.5 Å². The zero-order valence-electron chi connectivity index (χ0n) is 22.8. The Morgan fingerprint density at radius 1 is 0.878 bits per heavy atom. The van der Waals surface area contributed by atoms with E-state index in [1.54, 1.807) is 25.1 Å². The monoisotopic (exact) mass is 553 g/mol. The van der Waals surface area contributed by atoms with E-state index in [0.717, 1.165) is 28.2 Å². The maximum atomic E-state index is 11.1. The molecule has 0 spiro atoms. The average molecular weight is 554 g/mol. The van der Waals surface area contributed by atoms with Crippen molar-refractivity contribution < 1.29 is 24.1 Å². The first-order valence-electron chi connectivity index (χ1n) is 13.3. The lowest BCUT2D eigenvalue weighted by molar-refractivity contribution is -0.0931. The molecule has 2 aromatic heterocycles. The summed E-state index contributed by atoms with van der Waals surface area (Å²) in [6.45, 7) is 0.106. The van der Waals surface area contributed by atoms with Crippen LogP contribution in [0.4, 0.5) is 5.82 Å². The Morgan fingerprint density at radius 2 is 1.49 bits per heavy atom. The fourth-order valence-electron chi connectivity index (χ4n) is 5.40. The molecule has 0 saturated carbocycles. The highest BCUT2D eigenvalue weighted by Crippen LogP contribution is 2.43. The number of hydrogen-bond donors (Lipinski definition) is 2. The van der Waals surface area contributed by atoms with Gasteiger partial charge in [-0.3, -0.25) is 4.57 Å². The second-order valence-corrected chi connectivity index (χ2v) is 9.83. The van der Waals surface area contributed by atoms with Gasteiger partial charge in [0.15, 0.2) is 11.5 Å². The van der Waals surface area contributed by atoms with Gasteiger partial charge in [-0.1, -0.05) is 54.6 Å². The molecular formula is C31H31N5O5. The van der Waals surface area contributed by atoms with Crippen molar-refractivity contribution in [1.82, 2.24) is 19.5 Å². The normalized spacial score (nSPS) is 19.0. The Balaban J connectivity index is 1.37. The SMILES string of the molecule is COc1ccc(C(OCC2OC(n3cnc4c(N)ncnc43)CC2O)(c2ccccc2)c2ccc(OC)cc2)cc1. The van der Waals surface area contributed by atoms with Gasteiger partial charge in [0.25, 0.3) is 0 Å². The fourth-order valence-corrected chi connectivity index (χ4v) is 5.40. The molecule has 41 heavy (non-hydrogen) atoms. The first kappa shape index (κ1) is 26.7. The van der Waals surface area contributed by atoms with Crippen LogP contribution in [0.1, 0.15) is 29.3 Å². The van der Waals surface area contributed by atoms with Gasteiger partial charge >= 0.3 is 0 Å². The number of aromatic nitrogens is 4. The summed E-state index contributed by atoms with van der Waals surface area (Å²) in [6.07, 6.45) is 1.45. The van der Waals surface area contributed by atoms with Crippen molar-refractivity contribution in [3.05, 3.63) is 108 Å². The number of anilines is 1. The highest BCUT2D eigenvalue weighted by Gasteiger charge is 2.42. The van der Waals surface area contributed by atoms with Crippen molar-refractivity contribution >= 4 is 17.0 Å². The van der Waals surface area contributed by atoms with Gasteiger partial charge in [0, 0.05) is 6.42 Å². The van der Waals surface area contributed by atoms with Gasteiger partial charge < -0.3 is 29.8 Å². The number of benzene rings is 3. The predicted octanol–water partition coefficient (Wildman–Crippen LogP) is 4.08. The zero-order chi connectivity index (χ0) is 28.4. The van der Waals surface area contributed by atoms with Gasteiger partial charge in [-0.15, -0.1) is 0 Å². The van der Waals surface area contributed by atoms with Gasteiger partial charge in [-0.05, 0) is 41.0 Å². The van der Waals surface area contributed by atoms with E-state index < -0.39 is 24.0 Å². The van der Waals surface area contributed by atoms with Crippen molar-refractivity contribution in [2.24, 2.45) is 0 Å². The molecule has 3 heterocycles. The maximum Gasteiger partial charge on any atom is 0.167 e. The Morgan fingerprint density at radius 3 is 2.10 bits per heavy atom. The van der Waals surface area contributed by atoms with Crippen molar-refractivity contribution in [1.29, 1.82) is 0 Å². The first-order chi connectivity index (χ1) is 20.0. The van der Waals surface area contributed by atoms with E-state index in [1.807, 2.05) is 78.9 Å². The largest absolute Gasteiger partial charge is 0.497 e. The topological polar surface area (TPSA) is 127 Å². The molecule has 10 heteroatoms. The van der Waals surface area contributed by atoms with Crippen molar-refractivity contribution in [2.45, 2.75) is 30.5 Å². The quantitative estimate of drug-likeness (QED) is 0.260. The number of ether oxygens (including phenoxy) is 4. The summed E-state index contributed by atoms with van der Waals surface area (Å²) in [5.74, 6) is 1.76. The minimum absolute atomic E-state index is 0.106. The van der Waals surface area contributed by atoms with Crippen LogP contribution in [0.3, 0.4) is 0 Å². The van der Waals surface area contributed by atoms with Crippen LogP contribution in [-0.2, 0) is 15.1 Å². The summed E-state index contributed by atoms with van der Waals surface area (Å²) in [7, 11) is 3.27. The third-order valence-corrected chi connectivity index (χ3v) is 7.54. The van der Waals surface area contributed by atoms with Crippen LogP contribution < -0.4 is 15.2 Å². The standard InChI is InChI=1S/C31H31N5O5/c1-38-23-12-8-21(9-13-23)31(20-6-4-3-5-7-20,22-10-14-24(39-2)15-11-22)40-17-26-25(37)16-27(41-26)36-19-35-28-29(32)33-18-34-30(28)36/h3-15,18-19,25-27,37H,16-17H2,1-2H3,(H2,32,33,34). The van der Waals surface area contributed by atoms with Crippen LogP contribution >= 0.6 is 0 Å². The van der Waals surface area contributed by atoms with Crippen LogP contribution in [0.2, 0.25) is 0 Å². The number of methoxy groups -OCH3 is 2. The van der Waals surface area contributed by atoms with Crippen LogP contribution in [0, 0.1) is 0 Å². The van der Waals surface area contributed by atoms with E-state index in [-0.39, 0.29) is 6.61 Å². The van der Waals surface area contributed by atoms with Crippen LogP contribution in [-0.4, -0.2) is 57.7 Å². The molecule has 1 aliphatic rings. The minimum Gasteiger partial charge on any atom is -0.497 e. The molecule has 0 radical (unpaired) electrons. The minimum atomic E-state index is -1.02. The molecule has 6 rings (SSSR count). The first-order valence-corrected chi connectivity index (χ1v) is 13.3. The van der Waals surface area contributed by atoms with Crippen molar-refractivity contribution in [2.75, 3.05) is 26.6 Å². The molecule has 1 saturated heterocycles. The molecular weight excluding hydrogens is 522 g/mol. The van der Waals surface area contributed by atoms with Crippen LogP contribution in [0.25, 0.3) is 11.2 Å². The number of nitrogens with zero attached hydrogens (tertiary/aromatic N) is 4. The van der Waals surface area contributed by atoms with E-state index in [4.69, 9.17) is 24.7 Å². The number of aliphatic hydroxyl groups is 1. The van der Waals surface area contributed by atoms with E-state index in [1.165, 1.54) is 6.33 Å². The smallest absolute Gasteiger partial charge is 0.167 e. The van der Waals surface area contributed by atoms with Gasteiger partial charge in [0.1, 0.15) is 41.3 Å². The molecule has 3 atom stereocenters. The average Bonchev–Trinajstić information content (AvgIpc) is 3.62. The summed E-state index contributed by atoms with van der Waals surface area (Å²) >= 11 is 0. The Bertz CT molecular complexity index is 1560. The lowest BCUT2D eigenvalue weighted by Gasteiger charge is -2.37. The molecule has 0 amide bonds. The summed E-state index contributed by atoms with van der Waals surface area (Å²) < 4.78 is 25.9. The number of rotatable bonds is 9. The molecule has 10 nitrogen and oxygen atoms in total. The van der Waals surface area contributed by atoms with E-state index in [0.29, 0.717) is 23.4 Å². The van der Waals surface area contributed by atoms with E-state index >= 15 is 0 Å². The van der Waals surface area contributed by atoms with Crippen molar-refractivity contribution in [3.8, 4) is 11.5 Å². The summed E-state index contributed by atoms with van der Waals surface area (Å²) in [4.78, 5) is 12.7. The maximum absolute atomic E-state index is 11.1. The van der Waals surface area contributed by atoms with Gasteiger partial charge in [0.05, 0.1) is 33.3 Å². The lowest BCUT2D eigenvalue weighted by Crippen LogP contribution is -2.38. The third-order valence-electron chi connectivity index (χ3n) is 7.54. The molecule has 0 aliphatic carbocycles. The molecule has 1 aliphatic heterocycles. The lowest BCUT2D eigenvalue weighted by atomic mass is 9.80. The highest BCUT2D eigenvalue weighted by atomic mass is 16.6. The van der Waals surface area contributed by atoms with E-state index in [9.17, 15) is 5.11 Å². The highest BCUT2D eigenvalue weighted by molar-refractivity contribution is 5.81. The zero-order valence-corrected chi connectivity index (χ0v) is 22.8. The van der Waals surface area contributed by atoms with Gasteiger partial charge in [-0.25, -0.2) is 15.0 Å². The summed E-state index contributed by atoms with van der Waals surface area (Å²) in [5.41, 5.74) is 8.70. The second kappa shape index (κ2) is 11.2. The van der Waals surface area contributed by atoms with Gasteiger partial charge in [0.2, 0.25) is 0 Å². The van der Waals surface area contributed by atoms with E-state index in [2.05, 4.69) is 15.0 Å². The predicted molar refractivity (Wildman–Crippen MR) is 153 cm³/mol. The van der Waals surface area contributed by atoms with Gasteiger partial charge in [-0.2, -0.15) is 0 Å². The molecule has 3 unspecified atom stereocenters. The number of hydrogen-bond acceptors (Lipinski definition) is 9. The fraction of sp³-hybridized carbons (Fsp3) is 0.258. The molecule has 210 valence electrons. The summed E-state index contributed by atoms with van der Waals surface area (Å²) in [6, 6.07) is 25.6. The number of nitrogen functional groups attached to an aromatic ring is 1. The molecule has 5 aromatic rings. The molecule has 0 bridgehead atoms. The molecule has 1 fully saturated rings.